The second kappa shape index (κ2) is 9.99. The summed E-state index contributed by atoms with van der Waals surface area (Å²) < 4.78 is 26.5. The molecule has 0 aromatic heterocycles. The number of anilines is 1. The highest BCUT2D eigenvalue weighted by Gasteiger charge is 2.27. The van der Waals surface area contributed by atoms with E-state index in [1.807, 2.05) is 20.8 Å². The second-order valence-electron chi connectivity index (χ2n) is 7.36. The standard InChI is InChI=1S/C19H30N4O4S/c1-4-22(13-18(24)20-15(2)3)14-19(25)21-16-7-9-17(10-8-16)28(26,27)23-11-5-6-12-23/h7-10,15H,4-6,11-14H2,1-3H3,(H,20,24)(H,21,25)/p+1. The van der Waals surface area contributed by atoms with Gasteiger partial charge in [-0.3, -0.25) is 9.59 Å². The Morgan fingerprint density at radius 3 is 2.18 bits per heavy atom. The highest BCUT2D eigenvalue weighted by Crippen LogP contribution is 2.22. The van der Waals surface area contributed by atoms with Crippen molar-refractivity contribution in [2.75, 3.05) is 38.0 Å². The summed E-state index contributed by atoms with van der Waals surface area (Å²) in [5.41, 5.74) is 0.535. The fourth-order valence-corrected chi connectivity index (χ4v) is 4.65. The lowest BCUT2D eigenvalue weighted by atomic mass is 10.3. The first kappa shape index (κ1) is 22.3. The third kappa shape index (κ3) is 6.29. The first-order valence-electron chi connectivity index (χ1n) is 9.75. The number of hydrogen-bond donors (Lipinski definition) is 3. The van der Waals surface area contributed by atoms with Gasteiger partial charge in [-0.15, -0.1) is 0 Å². The molecule has 0 aliphatic carbocycles. The summed E-state index contributed by atoms with van der Waals surface area (Å²) in [4.78, 5) is 25.3. The summed E-state index contributed by atoms with van der Waals surface area (Å²) in [5.74, 6) is -0.305. The van der Waals surface area contributed by atoms with E-state index >= 15 is 0 Å². The lowest BCUT2D eigenvalue weighted by Gasteiger charge is -2.18. The van der Waals surface area contributed by atoms with Crippen LogP contribution in [0.5, 0.6) is 0 Å². The van der Waals surface area contributed by atoms with Crippen molar-refractivity contribution in [3.05, 3.63) is 24.3 Å². The Labute approximate surface area is 167 Å². The van der Waals surface area contributed by atoms with Crippen LogP contribution in [0.4, 0.5) is 5.69 Å². The van der Waals surface area contributed by atoms with Crippen molar-refractivity contribution in [3.8, 4) is 0 Å². The van der Waals surface area contributed by atoms with Crippen molar-refractivity contribution in [1.82, 2.24) is 9.62 Å². The van der Waals surface area contributed by atoms with Gasteiger partial charge >= 0.3 is 0 Å². The molecule has 2 amide bonds. The molecule has 1 aliphatic heterocycles. The van der Waals surface area contributed by atoms with Gasteiger partial charge in [-0.1, -0.05) is 0 Å². The molecular formula is C19H31N4O4S+. The van der Waals surface area contributed by atoms with Crippen LogP contribution in [0.1, 0.15) is 33.6 Å². The van der Waals surface area contributed by atoms with Crippen molar-refractivity contribution < 1.29 is 22.9 Å². The van der Waals surface area contributed by atoms with Gasteiger partial charge in [0.2, 0.25) is 10.0 Å². The topological polar surface area (TPSA) is 100 Å². The number of rotatable bonds is 9. The van der Waals surface area contributed by atoms with Gasteiger partial charge in [0.15, 0.2) is 13.1 Å². The fraction of sp³-hybridized carbons (Fsp3) is 0.579. The van der Waals surface area contributed by atoms with Crippen LogP contribution in [0, 0.1) is 0 Å². The van der Waals surface area contributed by atoms with Crippen molar-refractivity contribution >= 4 is 27.5 Å². The van der Waals surface area contributed by atoms with Crippen LogP contribution in [0.25, 0.3) is 0 Å². The lowest BCUT2D eigenvalue weighted by Crippen LogP contribution is -3.14. The lowest BCUT2D eigenvalue weighted by molar-refractivity contribution is -0.881. The largest absolute Gasteiger partial charge is 0.349 e. The molecular weight excluding hydrogens is 380 g/mol. The third-order valence-corrected chi connectivity index (χ3v) is 6.52. The first-order chi connectivity index (χ1) is 13.2. The molecule has 0 spiro atoms. The summed E-state index contributed by atoms with van der Waals surface area (Å²) in [7, 11) is -3.46. The molecule has 0 radical (unpaired) electrons. The maximum atomic E-state index is 12.5. The summed E-state index contributed by atoms with van der Waals surface area (Å²) in [6, 6.07) is 6.29. The first-order valence-corrected chi connectivity index (χ1v) is 11.2. The molecule has 1 aliphatic rings. The number of hydrogen-bond acceptors (Lipinski definition) is 4. The number of likely N-dealkylation sites (N-methyl/N-ethyl adjacent to an activating group) is 1. The molecule has 0 saturated carbocycles. The van der Waals surface area contributed by atoms with Gasteiger partial charge in [0.05, 0.1) is 11.4 Å². The van der Waals surface area contributed by atoms with Crippen LogP contribution in [0.2, 0.25) is 0 Å². The van der Waals surface area contributed by atoms with E-state index in [1.54, 1.807) is 12.1 Å². The van der Waals surface area contributed by atoms with Crippen molar-refractivity contribution in [1.29, 1.82) is 0 Å². The van der Waals surface area contributed by atoms with E-state index in [9.17, 15) is 18.0 Å². The van der Waals surface area contributed by atoms with Crippen molar-refractivity contribution in [3.63, 3.8) is 0 Å². The Hall–Kier alpha value is -1.97. The molecule has 0 bridgehead atoms. The highest BCUT2D eigenvalue weighted by molar-refractivity contribution is 7.89. The number of nitrogens with zero attached hydrogens (tertiary/aromatic N) is 1. The van der Waals surface area contributed by atoms with Gasteiger partial charge in [0.1, 0.15) is 0 Å². The van der Waals surface area contributed by atoms with E-state index in [1.165, 1.54) is 16.4 Å². The van der Waals surface area contributed by atoms with E-state index in [-0.39, 0.29) is 35.8 Å². The van der Waals surface area contributed by atoms with E-state index in [0.29, 0.717) is 25.3 Å². The van der Waals surface area contributed by atoms with E-state index < -0.39 is 10.0 Å². The molecule has 2 rings (SSSR count). The molecule has 1 fully saturated rings. The number of sulfonamides is 1. The molecule has 8 nitrogen and oxygen atoms in total. The molecule has 156 valence electrons. The van der Waals surface area contributed by atoms with Gasteiger partial charge in [0, 0.05) is 24.8 Å². The highest BCUT2D eigenvalue weighted by atomic mass is 32.2. The van der Waals surface area contributed by atoms with Gasteiger partial charge in [-0.05, 0) is 57.9 Å². The van der Waals surface area contributed by atoms with E-state index in [4.69, 9.17) is 0 Å². The van der Waals surface area contributed by atoms with Crippen LogP contribution in [0.3, 0.4) is 0 Å². The molecule has 3 N–H and O–H groups in total. The average Bonchev–Trinajstić information content (AvgIpc) is 3.16. The van der Waals surface area contributed by atoms with E-state index in [0.717, 1.165) is 17.7 Å². The molecule has 1 atom stereocenters. The zero-order valence-electron chi connectivity index (χ0n) is 16.8. The number of carbonyl (C=O) groups is 2. The van der Waals surface area contributed by atoms with Gasteiger partial charge in [-0.2, -0.15) is 4.31 Å². The maximum Gasteiger partial charge on any atom is 0.279 e. The maximum absolute atomic E-state index is 12.5. The predicted molar refractivity (Wildman–Crippen MR) is 108 cm³/mol. The van der Waals surface area contributed by atoms with Crippen molar-refractivity contribution in [2.45, 2.75) is 44.6 Å². The molecule has 1 aromatic rings. The molecule has 28 heavy (non-hydrogen) atoms. The monoisotopic (exact) mass is 411 g/mol. The summed E-state index contributed by atoms with van der Waals surface area (Å²) in [5, 5.41) is 5.59. The van der Waals surface area contributed by atoms with Crippen molar-refractivity contribution in [2.24, 2.45) is 0 Å². The smallest absolute Gasteiger partial charge is 0.279 e. The Morgan fingerprint density at radius 1 is 1.07 bits per heavy atom. The average molecular weight is 412 g/mol. The molecule has 1 saturated heterocycles. The summed E-state index contributed by atoms with van der Waals surface area (Å²) >= 11 is 0. The molecule has 1 aromatic carbocycles. The minimum atomic E-state index is -3.46. The van der Waals surface area contributed by atoms with Crippen LogP contribution >= 0.6 is 0 Å². The molecule has 9 heteroatoms. The minimum Gasteiger partial charge on any atom is -0.349 e. The summed E-state index contributed by atoms with van der Waals surface area (Å²) in [6.07, 6.45) is 1.78. The van der Waals surface area contributed by atoms with Gasteiger partial charge < -0.3 is 15.5 Å². The SMILES string of the molecule is CC[NH+](CC(=O)Nc1ccc(S(=O)(=O)N2CCCC2)cc1)CC(=O)NC(C)C. The quantitative estimate of drug-likeness (QED) is 0.526. The normalized spacial score (nSPS) is 16.1. The Bertz CT molecular complexity index is 772. The van der Waals surface area contributed by atoms with Crippen LogP contribution < -0.4 is 15.5 Å². The second-order valence-corrected chi connectivity index (χ2v) is 9.30. The predicted octanol–water partition coefficient (Wildman–Crippen LogP) is -0.161. The van der Waals surface area contributed by atoms with Crippen LogP contribution in [0.15, 0.2) is 29.2 Å². The number of quaternary nitrogens is 1. The fourth-order valence-electron chi connectivity index (χ4n) is 3.13. The minimum absolute atomic E-state index is 0.0646. The zero-order valence-corrected chi connectivity index (χ0v) is 17.6. The van der Waals surface area contributed by atoms with Crippen LogP contribution in [-0.2, 0) is 19.6 Å². The Kier molecular flexibility index (Phi) is 7.97. The molecule has 1 unspecified atom stereocenters. The van der Waals surface area contributed by atoms with Gasteiger partial charge in [-0.25, -0.2) is 8.42 Å². The number of amides is 2. The van der Waals surface area contributed by atoms with Gasteiger partial charge in [0.25, 0.3) is 11.8 Å². The summed E-state index contributed by atoms with van der Waals surface area (Å²) in [6.45, 7) is 7.86. The number of carbonyl (C=O) groups excluding carboxylic acids is 2. The number of benzene rings is 1. The zero-order chi connectivity index (χ0) is 20.7. The molecule has 1 heterocycles. The third-order valence-electron chi connectivity index (χ3n) is 4.61. The van der Waals surface area contributed by atoms with E-state index in [2.05, 4.69) is 10.6 Å². The Morgan fingerprint density at radius 2 is 1.64 bits per heavy atom. The van der Waals surface area contributed by atoms with Crippen LogP contribution in [-0.4, -0.2) is 63.3 Å². The Balaban J connectivity index is 1.92. The number of nitrogens with one attached hydrogen (secondary N) is 3.